The van der Waals surface area contributed by atoms with Crippen LogP contribution < -0.4 is 9.47 Å². The number of rotatable bonds is 19. The second kappa shape index (κ2) is 16.1. The average molecular weight is 497 g/mol. The number of alkyl halides is 2. The van der Waals surface area contributed by atoms with Crippen LogP contribution in [-0.2, 0) is 4.74 Å². The third kappa shape index (κ3) is 12.2. The molecule has 1 unspecified atom stereocenters. The fourth-order valence-electron chi connectivity index (χ4n) is 4.65. The Kier molecular flexibility index (Phi) is 13.6. The zero-order valence-corrected chi connectivity index (χ0v) is 22.1. The fourth-order valence-corrected chi connectivity index (χ4v) is 4.65. The molecule has 1 aliphatic heterocycles. The summed E-state index contributed by atoms with van der Waals surface area (Å²) in [5.74, 6) is 0.118. The van der Waals surface area contributed by atoms with Crippen LogP contribution in [0.2, 0.25) is 0 Å². The van der Waals surface area contributed by atoms with Crippen molar-refractivity contribution in [1.82, 2.24) is 0 Å². The van der Waals surface area contributed by atoms with Crippen LogP contribution >= 0.6 is 0 Å². The number of ketones is 1. The summed E-state index contributed by atoms with van der Waals surface area (Å²) in [5.41, 5.74) is 0.349. The molecule has 2 rings (SSSR count). The van der Waals surface area contributed by atoms with E-state index in [1.165, 1.54) is 76.3 Å². The van der Waals surface area contributed by atoms with Crippen molar-refractivity contribution in [2.75, 3.05) is 13.2 Å². The highest BCUT2D eigenvalue weighted by atomic mass is 19.3. The first-order chi connectivity index (χ1) is 16.8. The number of hydrogen-bond acceptors (Lipinski definition) is 4. The van der Waals surface area contributed by atoms with E-state index in [0.717, 1.165) is 12.8 Å². The second-order valence-electron chi connectivity index (χ2n) is 10.7. The van der Waals surface area contributed by atoms with Crippen LogP contribution in [0.1, 0.15) is 121 Å². The highest BCUT2D eigenvalue weighted by Gasteiger charge is 2.25. The van der Waals surface area contributed by atoms with Crippen LogP contribution in [0.4, 0.5) is 8.78 Å². The Bertz CT molecular complexity index is 729. The summed E-state index contributed by atoms with van der Waals surface area (Å²) < 4.78 is 41.4. The van der Waals surface area contributed by atoms with Crippen molar-refractivity contribution in [1.29, 1.82) is 0 Å². The Morgan fingerprint density at radius 3 is 2.20 bits per heavy atom. The monoisotopic (exact) mass is 496 g/mol. The molecule has 0 spiro atoms. The maximum atomic E-state index is 13.0. The standard InChI is InChI=1S/C29H46F2O4/c1-4-5-6-7-8-9-10-11-12-13-14-18-29(2,3)21-25(32)23-15-16-26(35-28(30)31)27(20-23)34-24-17-19-33-22-24/h15-16,20,24,28H,4-14,17-19,21-22H2,1-3H3. The molecule has 1 aromatic carbocycles. The topological polar surface area (TPSA) is 44.8 Å². The molecule has 4 nitrogen and oxygen atoms in total. The average Bonchev–Trinajstić information content (AvgIpc) is 3.31. The molecule has 1 fully saturated rings. The molecule has 0 N–H and O–H groups in total. The molecule has 0 aliphatic carbocycles. The van der Waals surface area contributed by atoms with Gasteiger partial charge in [-0.1, -0.05) is 91.4 Å². The zero-order valence-electron chi connectivity index (χ0n) is 22.1. The third-order valence-corrected chi connectivity index (χ3v) is 6.76. The number of halogens is 2. The van der Waals surface area contributed by atoms with Gasteiger partial charge in [-0.2, -0.15) is 8.78 Å². The van der Waals surface area contributed by atoms with Crippen LogP contribution in [0.5, 0.6) is 11.5 Å². The Morgan fingerprint density at radius 2 is 1.63 bits per heavy atom. The lowest BCUT2D eigenvalue weighted by Crippen LogP contribution is -2.19. The van der Waals surface area contributed by atoms with Gasteiger partial charge in [0.1, 0.15) is 6.10 Å². The summed E-state index contributed by atoms with van der Waals surface area (Å²) in [4.78, 5) is 13.0. The van der Waals surface area contributed by atoms with E-state index in [1.807, 2.05) is 0 Å². The molecule has 0 amide bonds. The largest absolute Gasteiger partial charge is 0.484 e. The molecule has 0 radical (unpaired) electrons. The first-order valence-corrected chi connectivity index (χ1v) is 13.7. The molecule has 1 atom stereocenters. The summed E-state index contributed by atoms with van der Waals surface area (Å²) in [6, 6.07) is 4.49. The van der Waals surface area contributed by atoms with Gasteiger partial charge in [0, 0.05) is 18.4 Å². The first-order valence-electron chi connectivity index (χ1n) is 13.7. The molecular formula is C29H46F2O4. The molecule has 1 aromatic rings. The van der Waals surface area contributed by atoms with Gasteiger partial charge in [-0.05, 0) is 30.0 Å². The van der Waals surface area contributed by atoms with Crippen LogP contribution in [0.25, 0.3) is 0 Å². The zero-order chi connectivity index (χ0) is 25.5. The highest BCUT2D eigenvalue weighted by molar-refractivity contribution is 5.97. The van der Waals surface area contributed by atoms with Gasteiger partial charge in [-0.3, -0.25) is 4.79 Å². The molecule has 35 heavy (non-hydrogen) atoms. The maximum Gasteiger partial charge on any atom is 0.387 e. The van der Waals surface area contributed by atoms with Gasteiger partial charge >= 0.3 is 6.61 Å². The summed E-state index contributed by atoms with van der Waals surface area (Å²) in [6.07, 6.45) is 16.2. The van der Waals surface area contributed by atoms with Crippen molar-refractivity contribution in [3.05, 3.63) is 23.8 Å². The lowest BCUT2D eigenvalue weighted by Gasteiger charge is -2.24. The SMILES string of the molecule is CCCCCCCCCCCCCC(C)(C)CC(=O)c1ccc(OC(F)F)c(OC2CCOC2)c1. The van der Waals surface area contributed by atoms with Gasteiger partial charge in [0.15, 0.2) is 17.3 Å². The van der Waals surface area contributed by atoms with Gasteiger partial charge in [-0.25, -0.2) is 0 Å². The quantitative estimate of drug-likeness (QED) is 0.142. The number of carbonyl (C=O) groups is 1. The van der Waals surface area contributed by atoms with Crippen LogP contribution in [0.3, 0.4) is 0 Å². The minimum absolute atomic E-state index is 0.00538. The maximum absolute atomic E-state index is 13.0. The molecule has 6 heteroatoms. The van der Waals surface area contributed by atoms with Gasteiger partial charge in [0.2, 0.25) is 0 Å². The molecular weight excluding hydrogens is 450 g/mol. The van der Waals surface area contributed by atoms with Gasteiger partial charge in [-0.15, -0.1) is 0 Å². The van der Waals surface area contributed by atoms with E-state index in [1.54, 1.807) is 6.07 Å². The van der Waals surface area contributed by atoms with E-state index in [9.17, 15) is 13.6 Å². The van der Waals surface area contributed by atoms with Crippen molar-refractivity contribution in [3.8, 4) is 11.5 Å². The fraction of sp³-hybridized carbons (Fsp3) is 0.759. The van der Waals surface area contributed by atoms with Crippen LogP contribution in [0, 0.1) is 5.41 Å². The molecule has 1 saturated heterocycles. The number of hydrogen-bond donors (Lipinski definition) is 0. The Hall–Kier alpha value is -1.69. The number of Topliss-reactive ketones (excluding diaryl/α,β-unsaturated/α-hetero) is 1. The minimum atomic E-state index is -2.96. The lowest BCUT2D eigenvalue weighted by atomic mass is 9.81. The van der Waals surface area contributed by atoms with E-state index >= 15 is 0 Å². The minimum Gasteiger partial charge on any atom is -0.484 e. The van der Waals surface area contributed by atoms with Crippen LogP contribution in [0.15, 0.2) is 18.2 Å². The molecule has 1 heterocycles. The Morgan fingerprint density at radius 1 is 1.00 bits per heavy atom. The predicted octanol–water partition coefficient (Wildman–Crippen LogP) is 8.76. The van der Waals surface area contributed by atoms with Crippen molar-refractivity contribution in [3.63, 3.8) is 0 Å². The predicted molar refractivity (Wildman–Crippen MR) is 137 cm³/mol. The van der Waals surface area contributed by atoms with Gasteiger partial charge < -0.3 is 14.2 Å². The molecule has 0 aromatic heterocycles. The summed E-state index contributed by atoms with van der Waals surface area (Å²) >= 11 is 0. The van der Waals surface area contributed by atoms with E-state index in [2.05, 4.69) is 25.5 Å². The van der Waals surface area contributed by atoms with E-state index < -0.39 is 6.61 Å². The number of carbonyl (C=O) groups excluding carboxylic acids is 1. The second-order valence-corrected chi connectivity index (χ2v) is 10.7. The van der Waals surface area contributed by atoms with Gasteiger partial charge in [0.25, 0.3) is 0 Å². The smallest absolute Gasteiger partial charge is 0.387 e. The van der Waals surface area contributed by atoms with Crippen molar-refractivity contribution in [2.45, 2.75) is 123 Å². The van der Waals surface area contributed by atoms with E-state index in [0.29, 0.717) is 31.6 Å². The highest BCUT2D eigenvalue weighted by Crippen LogP contribution is 2.34. The molecule has 0 saturated carbocycles. The van der Waals surface area contributed by atoms with Crippen molar-refractivity contribution < 1.29 is 27.8 Å². The lowest BCUT2D eigenvalue weighted by molar-refractivity contribution is -0.0521. The van der Waals surface area contributed by atoms with Gasteiger partial charge in [0.05, 0.1) is 13.2 Å². The molecule has 1 aliphatic rings. The summed E-state index contributed by atoms with van der Waals surface area (Å²) in [6.45, 7) is 4.52. The Labute approximate surface area is 211 Å². The third-order valence-electron chi connectivity index (χ3n) is 6.76. The number of benzene rings is 1. The van der Waals surface area contributed by atoms with Crippen molar-refractivity contribution >= 4 is 5.78 Å². The Balaban J connectivity index is 1.76. The first kappa shape index (κ1) is 29.5. The summed E-state index contributed by atoms with van der Waals surface area (Å²) in [5, 5.41) is 0. The normalized spacial score (nSPS) is 16.1. The molecule has 0 bridgehead atoms. The van der Waals surface area contributed by atoms with Crippen LogP contribution in [-0.4, -0.2) is 31.7 Å². The number of ether oxygens (including phenoxy) is 3. The summed E-state index contributed by atoms with van der Waals surface area (Å²) in [7, 11) is 0. The van der Waals surface area contributed by atoms with E-state index in [-0.39, 0.29) is 28.8 Å². The van der Waals surface area contributed by atoms with E-state index in [4.69, 9.17) is 9.47 Å². The number of unbranched alkanes of at least 4 members (excludes halogenated alkanes) is 10. The van der Waals surface area contributed by atoms with Crippen molar-refractivity contribution in [2.24, 2.45) is 5.41 Å². The molecule has 200 valence electrons.